The summed E-state index contributed by atoms with van der Waals surface area (Å²) < 4.78 is 78.2. The minimum absolute atomic E-state index is 0.0834. The molecule has 302 valence electrons. The van der Waals surface area contributed by atoms with Gasteiger partial charge in [0.2, 0.25) is 0 Å². The number of aromatic nitrogens is 2. The Bertz CT molecular complexity index is 2760. The van der Waals surface area contributed by atoms with Crippen LogP contribution in [0.25, 0.3) is 89.5 Å². The van der Waals surface area contributed by atoms with Crippen LogP contribution >= 0.6 is 0 Å². The van der Waals surface area contributed by atoms with Crippen LogP contribution in [0.3, 0.4) is 0 Å². The third-order valence-electron chi connectivity index (χ3n) is 10.9. The van der Waals surface area contributed by atoms with E-state index >= 15 is 22.0 Å². The maximum Gasteiger partial charge on any atom is 0.419 e. The molecule has 0 aliphatic rings. The number of alkyl halides is 5. The number of pyridine rings is 2. The molecule has 0 radical (unpaired) electrons. The topological polar surface area (TPSA) is 25.8 Å². The molecule has 0 aliphatic heterocycles. The highest BCUT2D eigenvalue weighted by Gasteiger charge is 2.39. The van der Waals surface area contributed by atoms with Crippen molar-refractivity contribution in [1.29, 1.82) is 0 Å². The van der Waals surface area contributed by atoms with Gasteiger partial charge in [-0.2, -0.15) is 13.2 Å². The van der Waals surface area contributed by atoms with Crippen LogP contribution in [-0.4, -0.2) is 9.97 Å². The maximum absolute atomic E-state index is 16.0. The largest absolute Gasteiger partial charge is 0.419 e. The molecule has 0 saturated carbocycles. The highest BCUT2D eigenvalue weighted by atomic mass is 19.4. The molecule has 9 aromatic rings. The molecule has 0 spiro atoms. The summed E-state index contributed by atoms with van der Waals surface area (Å²) in [6, 6.07) is 61.6. The molecule has 2 heterocycles. The van der Waals surface area contributed by atoms with Gasteiger partial charge in [-0.3, -0.25) is 0 Å². The highest BCUT2D eigenvalue weighted by molar-refractivity contribution is 5.86. The Kier molecular flexibility index (Phi) is 10.6. The van der Waals surface area contributed by atoms with Gasteiger partial charge in [0.1, 0.15) is 0 Å². The van der Waals surface area contributed by atoms with Crippen LogP contribution in [0.2, 0.25) is 0 Å². The van der Waals surface area contributed by atoms with Gasteiger partial charge >= 0.3 is 6.18 Å². The predicted molar refractivity (Wildman–Crippen MR) is 240 cm³/mol. The summed E-state index contributed by atoms with van der Waals surface area (Å²) in [5.74, 6) is -3.34. The lowest BCUT2D eigenvalue weighted by Gasteiger charge is -2.22. The smallest absolute Gasteiger partial charge is 0.247 e. The molecule has 2 nitrogen and oxygen atoms in total. The van der Waals surface area contributed by atoms with E-state index in [1.807, 2.05) is 115 Å². The van der Waals surface area contributed by atoms with E-state index < -0.39 is 17.7 Å². The van der Waals surface area contributed by atoms with Gasteiger partial charge in [-0.1, -0.05) is 194 Å². The Labute approximate surface area is 356 Å². The number of benzene rings is 7. The molecule has 0 N–H and O–H groups in total. The summed E-state index contributed by atoms with van der Waals surface area (Å²) in [5.41, 5.74) is 6.50. The van der Waals surface area contributed by atoms with E-state index in [9.17, 15) is 0 Å². The van der Waals surface area contributed by atoms with E-state index in [0.717, 1.165) is 34.7 Å². The van der Waals surface area contributed by atoms with Crippen molar-refractivity contribution in [3.05, 3.63) is 217 Å². The van der Waals surface area contributed by atoms with E-state index in [1.165, 1.54) is 6.07 Å². The fourth-order valence-electron chi connectivity index (χ4n) is 7.94. The maximum atomic E-state index is 16.0. The zero-order chi connectivity index (χ0) is 42.8. The molecular weight excluding hydrogens is 784 g/mol. The summed E-state index contributed by atoms with van der Waals surface area (Å²) in [5, 5.41) is 0. The Hall–Kier alpha value is -7.51. The molecule has 7 heteroatoms. The van der Waals surface area contributed by atoms with Gasteiger partial charge in [-0.25, -0.2) is 18.7 Å². The van der Waals surface area contributed by atoms with Crippen molar-refractivity contribution < 1.29 is 22.0 Å². The van der Waals surface area contributed by atoms with Gasteiger partial charge in [0, 0.05) is 29.2 Å². The second-order valence-electron chi connectivity index (χ2n) is 15.1. The standard InChI is InChI=1S/C55H37F5N2/c1-54(56,57)50-46(34-48(61-52(50)44-18-10-4-11-19-44)42-30-22-38(23-31-42)36-14-6-2-7-15-36)40-26-28-41(29-27-40)47-35-49(43-32-24-39(25-33-43)37-16-8-3-9-17-37)62-53(51(47)55(58,59)60)45-20-12-5-13-21-45/h2-35H,1H3. The first-order chi connectivity index (χ1) is 30.0. The van der Waals surface area contributed by atoms with Crippen molar-refractivity contribution in [2.45, 2.75) is 19.0 Å². The van der Waals surface area contributed by atoms with E-state index in [4.69, 9.17) is 4.98 Å². The Morgan fingerprint density at radius 2 is 0.581 bits per heavy atom. The van der Waals surface area contributed by atoms with Crippen molar-refractivity contribution in [2.24, 2.45) is 0 Å². The minimum atomic E-state index is -4.79. The molecule has 7 aromatic carbocycles. The number of hydrogen-bond acceptors (Lipinski definition) is 2. The summed E-state index contributed by atoms with van der Waals surface area (Å²) in [6.45, 7) is 0.842. The molecule has 0 aliphatic carbocycles. The van der Waals surface area contributed by atoms with Crippen molar-refractivity contribution in [3.8, 4) is 89.5 Å². The van der Waals surface area contributed by atoms with Crippen LogP contribution in [0, 0.1) is 0 Å². The molecular formula is C55H37F5N2. The highest BCUT2D eigenvalue weighted by Crippen LogP contribution is 2.47. The van der Waals surface area contributed by atoms with Crippen molar-refractivity contribution in [1.82, 2.24) is 9.97 Å². The fourth-order valence-corrected chi connectivity index (χ4v) is 7.94. The monoisotopic (exact) mass is 820 g/mol. The lowest BCUT2D eigenvalue weighted by Crippen LogP contribution is -2.13. The fraction of sp³-hybridized carbons (Fsp3) is 0.0545. The molecule has 9 rings (SSSR count). The number of nitrogens with zero attached hydrogens (tertiary/aromatic N) is 2. The van der Waals surface area contributed by atoms with Gasteiger partial charge in [-0.05, 0) is 56.6 Å². The number of rotatable bonds is 9. The van der Waals surface area contributed by atoms with E-state index in [0.29, 0.717) is 33.6 Å². The van der Waals surface area contributed by atoms with Gasteiger partial charge in [-0.15, -0.1) is 0 Å². The zero-order valence-corrected chi connectivity index (χ0v) is 33.4. The molecule has 0 bridgehead atoms. The first kappa shape index (κ1) is 39.9. The summed E-state index contributed by atoms with van der Waals surface area (Å²) in [6.07, 6.45) is -4.79. The van der Waals surface area contributed by atoms with Crippen LogP contribution in [0.1, 0.15) is 18.1 Å². The molecule has 0 unspecified atom stereocenters. The summed E-state index contributed by atoms with van der Waals surface area (Å²) in [7, 11) is 0. The van der Waals surface area contributed by atoms with Crippen molar-refractivity contribution in [3.63, 3.8) is 0 Å². The van der Waals surface area contributed by atoms with Gasteiger partial charge in [0.15, 0.2) is 0 Å². The lowest BCUT2D eigenvalue weighted by molar-refractivity contribution is -0.136. The average Bonchev–Trinajstić information content (AvgIpc) is 3.31. The predicted octanol–water partition coefficient (Wildman–Crippen LogP) is 15.9. The zero-order valence-electron chi connectivity index (χ0n) is 33.4. The number of halogens is 5. The SMILES string of the molecule is CC(F)(F)c1c(-c2ccc(-c3cc(-c4ccc(-c5ccccc5)cc4)nc(-c4ccccc4)c3C(F)(F)F)cc2)cc(-c2ccc(-c3ccccc3)cc2)nc1-c1ccccc1. The Balaban J connectivity index is 1.20. The first-order valence-electron chi connectivity index (χ1n) is 20.1. The van der Waals surface area contributed by atoms with Crippen LogP contribution in [-0.2, 0) is 12.1 Å². The summed E-state index contributed by atoms with van der Waals surface area (Å²) >= 11 is 0. The molecule has 0 saturated heterocycles. The molecule has 0 fully saturated rings. The van der Waals surface area contributed by atoms with Crippen molar-refractivity contribution >= 4 is 0 Å². The second kappa shape index (κ2) is 16.5. The first-order valence-corrected chi connectivity index (χ1v) is 20.1. The van der Waals surface area contributed by atoms with Crippen LogP contribution in [0.15, 0.2) is 206 Å². The summed E-state index contributed by atoms with van der Waals surface area (Å²) in [4.78, 5) is 9.52. The molecule has 62 heavy (non-hydrogen) atoms. The Morgan fingerprint density at radius 1 is 0.306 bits per heavy atom. The minimum Gasteiger partial charge on any atom is -0.247 e. The quantitative estimate of drug-likeness (QED) is 0.136. The van der Waals surface area contributed by atoms with Gasteiger partial charge in [0.25, 0.3) is 5.92 Å². The Morgan fingerprint density at radius 3 is 0.919 bits per heavy atom. The molecule has 0 amide bonds. The number of hydrogen-bond donors (Lipinski definition) is 0. The van der Waals surface area contributed by atoms with Crippen molar-refractivity contribution in [2.75, 3.05) is 0 Å². The van der Waals surface area contributed by atoms with E-state index in [2.05, 4.69) is 4.98 Å². The third-order valence-corrected chi connectivity index (χ3v) is 10.9. The second-order valence-corrected chi connectivity index (χ2v) is 15.1. The third kappa shape index (κ3) is 8.17. The molecule has 2 aromatic heterocycles. The normalized spacial score (nSPS) is 11.7. The average molecular weight is 821 g/mol. The lowest BCUT2D eigenvalue weighted by atomic mass is 9.89. The van der Waals surface area contributed by atoms with E-state index in [1.54, 1.807) is 84.9 Å². The van der Waals surface area contributed by atoms with Crippen LogP contribution in [0.5, 0.6) is 0 Å². The molecule has 0 atom stereocenters. The van der Waals surface area contributed by atoms with Gasteiger partial charge in [0.05, 0.1) is 33.9 Å². The van der Waals surface area contributed by atoms with Gasteiger partial charge < -0.3 is 0 Å². The van der Waals surface area contributed by atoms with E-state index in [-0.39, 0.29) is 33.6 Å². The van der Waals surface area contributed by atoms with Crippen LogP contribution < -0.4 is 0 Å². The van der Waals surface area contributed by atoms with Crippen LogP contribution in [0.4, 0.5) is 22.0 Å².